The maximum absolute atomic E-state index is 13.7. The maximum Gasteiger partial charge on any atom is 0.254 e. The van der Waals surface area contributed by atoms with Crippen molar-refractivity contribution in [3.8, 4) is 0 Å². The van der Waals surface area contributed by atoms with E-state index in [9.17, 15) is 14.0 Å². The molecule has 2 aliphatic heterocycles. The van der Waals surface area contributed by atoms with Crippen molar-refractivity contribution in [1.29, 1.82) is 0 Å². The van der Waals surface area contributed by atoms with E-state index < -0.39 is 6.17 Å². The van der Waals surface area contributed by atoms with Gasteiger partial charge in [0.2, 0.25) is 5.91 Å². The minimum absolute atomic E-state index is 0.0539. The van der Waals surface area contributed by atoms with Gasteiger partial charge in [-0.25, -0.2) is 9.37 Å². The molecule has 3 aliphatic rings. The molecule has 1 aliphatic carbocycles. The zero-order valence-corrected chi connectivity index (χ0v) is 15.3. The summed E-state index contributed by atoms with van der Waals surface area (Å²) in [4.78, 5) is 30.0. The number of carbonyl (C=O) groups excluding carboxylic acids is 2. The van der Waals surface area contributed by atoms with Gasteiger partial charge in [0.1, 0.15) is 17.8 Å². The highest BCUT2D eigenvalue weighted by molar-refractivity contribution is 6.15. The highest BCUT2D eigenvalue weighted by Crippen LogP contribution is 2.31. The highest BCUT2D eigenvalue weighted by Gasteiger charge is 2.27. The fourth-order valence-electron chi connectivity index (χ4n) is 3.66. The molecule has 1 saturated carbocycles. The average Bonchev–Trinajstić information content (AvgIpc) is 3.11. The van der Waals surface area contributed by atoms with Crippen LogP contribution in [0.2, 0.25) is 0 Å². The normalized spacial score (nSPS) is 23.8. The first kappa shape index (κ1) is 17.2. The Morgan fingerprint density at radius 1 is 1.32 bits per heavy atom. The first-order valence-corrected chi connectivity index (χ1v) is 9.63. The number of alkyl halides is 1. The number of rotatable bonds is 5. The van der Waals surface area contributed by atoms with Crippen molar-refractivity contribution >= 4 is 35.2 Å². The molecule has 28 heavy (non-hydrogen) atoms. The van der Waals surface area contributed by atoms with Gasteiger partial charge in [0, 0.05) is 30.3 Å². The van der Waals surface area contributed by atoms with Crippen LogP contribution in [0.5, 0.6) is 0 Å². The Morgan fingerprint density at radius 3 is 2.86 bits per heavy atom. The van der Waals surface area contributed by atoms with Crippen molar-refractivity contribution in [1.82, 2.24) is 19.9 Å². The summed E-state index contributed by atoms with van der Waals surface area (Å²) in [7, 11) is 0. The molecule has 146 valence electrons. The Labute approximate surface area is 160 Å². The lowest BCUT2D eigenvalue weighted by atomic mass is 10.1. The Morgan fingerprint density at radius 2 is 2.18 bits per heavy atom. The van der Waals surface area contributed by atoms with Crippen LogP contribution in [0.4, 0.5) is 16.0 Å². The third kappa shape index (κ3) is 3.21. The number of hydrogen-bond acceptors (Lipinski definition) is 6. The van der Waals surface area contributed by atoms with Crippen molar-refractivity contribution < 1.29 is 14.0 Å². The van der Waals surface area contributed by atoms with Crippen LogP contribution in [0, 0.1) is 5.92 Å². The number of imide groups is 1. The summed E-state index contributed by atoms with van der Waals surface area (Å²) < 4.78 is 15.4. The topological polar surface area (TPSA) is 91.6 Å². The van der Waals surface area contributed by atoms with Crippen LogP contribution in [-0.2, 0) is 9.59 Å². The predicted molar refractivity (Wildman–Crippen MR) is 102 cm³/mol. The van der Waals surface area contributed by atoms with Crippen molar-refractivity contribution in [2.24, 2.45) is 5.92 Å². The molecular formula is C19H21FN6O2. The van der Waals surface area contributed by atoms with Gasteiger partial charge in [-0.1, -0.05) is 0 Å². The van der Waals surface area contributed by atoms with E-state index in [0.29, 0.717) is 48.0 Å². The van der Waals surface area contributed by atoms with Crippen LogP contribution in [0.3, 0.4) is 0 Å². The molecule has 0 aromatic carbocycles. The van der Waals surface area contributed by atoms with E-state index >= 15 is 0 Å². The molecule has 4 heterocycles. The second-order valence-electron chi connectivity index (χ2n) is 7.71. The summed E-state index contributed by atoms with van der Waals surface area (Å²) in [6, 6.07) is 1.91. The molecule has 0 bridgehead atoms. The number of carbonyl (C=O) groups is 2. The molecule has 2 amide bonds. The Kier molecular flexibility index (Phi) is 4.03. The third-order valence-electron chi connectivity index (χ3n) is 5.43. The van der Waals surface area contributed by atoms with Crippen molar-refractivity contribution in [3.05, 3.63) is 23.4 Å². The van der Waals surface area contributed by atoms with Crippen LogP contribution in [0.15, 0.2) is 17.8 Å². The van der Waals surface area contributed by atoms with Crippen molar-refractivity contribution in [2.45, 2.75) is 31.9 Å². The fraction of sp³-hybridized carbons (Fsp3) is 0.474. The number of hydrogen-bond donors (Lipinski definition) is 2. The molecule has 0 unspecified atom stereocenters. The SMILES string of the molecule is O=C1C/C(=C\c2cnn3c(NCC4CC4)cc(N4CC[C@@H](F)C4)nc23)C(=O)N1. The smallest absolute Gasteiger partial charge is 0.254 e. The second kappa shape index (κ2) is 6.57. The van der Waals surface area contributed by atoms with E-state index in [2.05, 4.69) is 15.7 Å². The Bertz CT molecular complexity index is 996. The lowest BCUT2D eigenvalue weighted by Crippen LogP contribution is -2.22. The Hall–Kier alpha value is -2.97. The molecule has 8 nitrogen and oxygen atoms in total. The number of halogens is 1. The van der Waals surface area contributed by atoms with Crippen LogP contribution >= 0.6 is 0 Å². The van der Waals surface area contributed by atoms with Gasteiger partial charge in [-0.3, -0.25) is 14.9 Å². The molecular weight excluding hydrogens is 363 g/mol. The summed E-state index contributed by atoms with van der Waals surface area (Å²) in [5.41, 5.74) is 1.63. The number of nitrogens with zero attached hydrogens (tertiary/aromatic N) is 4. The van der Waals surface area contributed by atoms with Crippen LogP contribution in [0.1, 0.15) is 31.2 Å². The van der Waals surface area contributed by atoms with Gasteiger partial charge in [-0.15, -0.1) is 0 Å². The van der Waals surface area contributed by atoms with E-state index in [1.165, 1.54) is 12.8 Å². The van der Waals surface area contributed by atoms with E-state index in [0.717, 1.165) is 12.4 Å². The standard InChI is InChI=1S/C19H21FN6O2/c20-14-3-4-25(10-14)16-7-15(21-8-11-1-2-11)26-18(23-16)13(9-22-26)5-12-6-17(27)24-19(12)28/h5,7,9,11,14,21H,1-4,6,8,10H2,(H,24,27,28)/b12-5+/t14-/m1/s1. The quantitative estimate of drug-likeness (QED) is 0.600. The van der Waals surface area contributed by atoms with Gasteiger partial charge in [0.05, 0.1) is 19.2 Å². The average molecular weight is 384 g/mol. The van der Waals surface area contributed by atoms with Crippen LogP contribution in [-0.4, -0.2) is 52.2 Å². The molecule has 2 saturated heterocycles. The van der Waals surface area contributed by atoms with Gasteiger partial charge < -0.3 is 10.2 Å². The zero-order valence-electron chi connectivity index (χ0n) is 15.3. The van der Waals surface area contributed by atoms with Gasteiger partial charge in [0.25, 0.3) is 5.91 Å². The van der Waals surface area contributed by atoms with E-state index in [-0.39, 0.29) is 18.2 Å². The lowest BCUT2D eigenvalue weighted by molar-refractivity contribution is -0.124. The number of aromatic nitrogens is 3. The summed E-state index contributed by atoms with van der Waals surface area (Å²) in [5, 5.41) is 10.1. The molecule has 3 fully saturated rings. The second-order valence-corrected chi connectivity index (χ2v) is 7.71. The van der Waals surface area contributed by atoms with Crippen molar-refractivity contribution in [3.63, 3.8) is 0 Å². The molecule has 2 aromatic heterocycles. The molecule has 5 rings (SSSR count). The van der Waals surface area contributed by atoms with Crippen LogP contribution in [0.25, 0.3) is 11.7 Å². The van der Waals surface area contributed by atoms with Gasteiger partial charge in [0.15, 0.2) is 5.65 Å². The first-order valence-electron chi connectivity index (χ1n) is 9.63. The summed E-state index contributed by atoms with van der Waals surface area (Å²) >= 11 is 0. The predicted octanol–water partition coefficient (Wildman–Crippen LogP) is 1.53. The van der Waals surface area contributed by atoms with E-state index in [4.69, 9.17) is 4.98 Å². The fourth-order valence-corrected chi connectivity index (χ4v) is 3.66. The van der Waals surface area contributed by atoms with E-state index in [1.54, 1.807) is 16.8 Å². The molecule has 2 N–H and O–H groups in total. The molecule has 2 aromatic rings. The molecule has 9 heteroatoms. The summed E-state index contributed by atoms with van der Waals surface area (Å²) in [6.07, 6.45) is 5.45. The lowest BCUT2D eigenvalue weighted by Gasteiger charge is -2.18. The first-order chi connectivity index (χ1) is 13.6. The Balaban J connectivity index is 1.55. The zero-order chi connectivity index (χ0) is 19.3. The maximum atomic E-state index is 13.7. The number of anilines is 2. The number of fused-ring (bicyclic) bond motifs is 1. The molecule has 0 spiro atoms. The monoisotopic (exact) mass is 384 g/mol. The minimum Gasteiger partial charge on any atom is -0.370 e. The molecule has 1 atom stereocenters. The van der Waals surface area contributed by atoms with Gasteiger partial charge in [-0.2, -0.15) is 9.61 Å². The van der Waals surface area contributed by atoms with E-state index in [1.807, 2.05) is 11.0 Å². The number of nitrogens with one attached hydrogen (secondary N) is 2. The number of amides is 2. The highest BCUT2D eigenvalue weighted by atomic mass is 19.1. The third-order valence-corrected chi connectivity index (χ3v) is 5.43. The summed E-state index contributed by atoms with van der Waals surface area (Å²) in [5.74, 6) is 1.48. The molecule has 0 radical (unpaired) electrons. The van der Waals surface area contributed by atoms with Crippen LogP contribution < -0.4 is 15.5 Å². The largest absolute Gasteiger partial charge is 0.370 e. The van der Waals surface area contributed by atoms with Crippen molar-refractivity contribution in [2.75, 3.05) is 29.9 Å². The van der Waals surface area contributed by atoms with Gasteiger partial charge >= 0.3 is 0 Å². The minimum atomic E-state index is -0.847. The summed E-state index contributed by atoms with van der Waals surface area (Å²) in [6.45, 7) is 1.80. The van der Waals surface area contributed by atoms with Gasteiger partial charge in [-0.05, 0) is 31.3 Å².